The zero-order valence-corrected chi connectivity index (χ0v) is 16.6. The van der Waals surface area contributed by atoms with Gasteiger partial charge in [0.1, 0.15) is 18.9 Å². The van der Waals surface area contributed by atoms with Crippen molar-refractivity contribution in [1.29, 1.82) is 0 Å². The lowest BCUT2D eigenvalue weighted by atomic mass is 10.1. The molecule has 2 aromatic carbocycles. The molecule has 1 aliphatic heterocycles. The molecule has 0 bridgehead atoms. The fourth-order valence-corrected chi connectivity index (χ4v) is 3.35. The summed E-state index contributed by atoms with van der Waals surface area (Å²) in [6.07, 6.45) is 1.55. The molecule has 148 valence electrons. The highest BCUT2D eigenvalue weighted by Gasteiger charge is 2.14. The van der Waals surface area contributed by atoms with E-state index in [2.05, 4.69) is 20.6 Å². The van der Waals surface area contributed by atoms with Crippen molar-refractivity contribution in [2.75, 3.05) is 23.8 Å². The van der Waals surface area contributed by atoms with E-state index in [1.54, 1.807) is 12.3 Å². The van der Waals surface area contributed by atoms with Gasteiger partial charge in [0.25, 0.3) is 5.91 Å². The van der Waals surface area contributed by atoms with Crippen LogP contribution in [0.3, 0.4) is 0 Å². The molecule has 0 radical (unpaired) electrons. The Kier molecular flexibility index (Phi) is 5.03. The topological polar surface area (TPSA) is 85.4 Å². The summed E-state index contributed by atoms with van der Waals surface area (Å²) in [5, 5.41) is 6.07. The van der Waals surface area contributed by atoms with E-state index < -0.39 is 0 Å². The third-order valence-electron chi connectivity index (χ3n) is 4.60. The summed E-state index contributed by atoms with van der Waals surface area (Å²) < 4.78 is 11.1. The molecule has 2 heterocycles. The van der Waals surface area contributed by atoms with Crippen molar-refractivity contribution in [1.82, 2.24) is 9.97 Å². The minimum atomic E-state index is -0.285. The van der Waals surface area contributed by atoms with Gasteiger partial charge >= 0.3 is 0 Å². The highest BCUT2D eigenvalue weighted by Crippen LogP contribution is 2.33. The molecule has 29 heavy (non-hydrogen) atoms. The van der Waals surface area contributed by atoms with Gasteiger partial charge in [0, 0.05) is 23.6 Å². The van der Waals surface area contributed by atoms with E-state index in [0.29, 0.717) is 30.7 Å². The Morgan fingerprint density at radius 3 is 2.45 bits per heavy atom. The maximum absolute atomic E-state index is 12.7. The van der Waals surface area contributed by atoms with Gasteiger partial charge in [-0.15, -0.1) is 0 Å². The van der Waals surface area contributed by atoms with E-state index in [4.69, 9.17) is 9.47 Å². The first-order valence-corrected chi connectivity index (χ1v) is 9.38. The third-order valence-corrected chi connectivity index (χ3v) is 4.60. The van der Waals surface area contributed by atoms with E-state index in [1.807, 2.05) is 51.1 Å². The van der Waals surface area contributed by atoms with Gasteiger partial charge in [-0.2, -0.15) is 0 Å². The maximum Gasteiger partial charge on any atom is 0.274 e. The number of ether oxygens (including phenoxy) is 2. The normalized spacial score (nSPS) is 12.4. The number of benzene rings is 2. The molecule has 4 rings (SSSR count). The van der Waals surface area contributed by atoms with Gasteiger partial charge in [0.05, 0.1) is 0 Å². The second kappa shape index (κ2) is 7.79. The fourth-order valence-electron chi connectivity index (χ4n) is 3.35. The van der Waals surface area contributed by atoms with Crippen LogP contribution in [0, 0.1) is 20.8 Å². The number of nitrogens with zero attached hydrogens (tertiary/aromatic N) is 2. The first-order chi connectivity index (χ1) is 14.0. The number of rotatable bonds is 4. The lowest BCUT2D eigenvalue weighted by molar-refractivity contribution is 0.102. The Balaban J connectivity index is 1.52. The lowest BCUT2D eigenvalue weighted by Gasteiger charge is -2.19. The van der Waals surface area contributed by atoms with Crippen LogP contribution in [-0.4, -0.2) is 29.1 Å². The van der Waals surface area contributed by atoms with E-state index in [9.17, 15) is 4.79 Å². The van der Waals surface area contributed by atoms with Crippen LogP contribution in [0.15, 0.2) is 42.6 Å². The van der Waals surface area contributed by atoms with Crippen LogP contribution in [0.5, 0.6) is 11.5 Å². The standard InChI is InChI=1S/C22H22N4O3/c1-13-10-14(2)20(15(3)11-13)26-21(27)17-6-7-23-22(25-17)24-16-4-5-18-19(12-16)29-9-8-28-18/h4-7,10-12H,8-9H2,1-3H3,(H,26,27)(H,23,24,25). The number of carbonyl (C=O) groups is 1. The molecular weight excluding hydrogens is 368 g/mol. The Labute approximate surface area is 169 Å². The van der Waals surface area contributed by atoms with Crippen molar-refractivity contribution in [3.05, 3.63) is 65.0 Å². The minimum Gasteiger partial charge on any atom is -0.486 e. The van der Waals surface area contributed by atoms with Gasteiger partial charge in [-0.25, -0.2) is 9.97 Å². The van der Waals surface area contributed by atoms with Crippen LogP contribution in [0.4, 0.5) is 17.3 Å². The molecule has 0 atom stereocenters. The summed E-state index contributed by atoms with van der Waals surface area (Å²) in [6, 6.07) is 11.2. The molecule has 0 spiro atoms. The maximum atomic E-state index is 12.7. The summed E-state index contributed by atoms with van der Waals surface area (Å²) in [5.74, 6) is 1.42. The van der Waals surface area contributed by atoms with E-state index in [0.717, 1.165) is 28.1 Å². The SMILES string of the molecule is Cc1cc(C)c(NC(=O)c2ccnc(Nc3ccc4c(c3)OCCO4)n2)c(C)c1. The second-order valence-corrected chi connectivity index (χ2v) is 6.98. The Morgan fingerprint density at radius 2 is 1.69 bits per heavy atom. The van der Waals surface area contributed by atoms with Crippen molar-refractivity contribution in [3.8, 4) is 11.5 Å². The molecule has 1 aromatic heterocycles. The van der Waals surface area contributed by atoms with Crippen molar-refractivity contribution in [2.45, 2.75) is 20.8 Å². The Bertz CT molecular complexity index is 1060. The monoisotopic (exact) mass is 390 g/mol. The highest BCUT2D eigenvalue weighted by molar-refractivity contribution is 6.03. The first-order valence-electron chi connectivity index (χ1n) is 9.38. The molecule has 7 nitrogen and oxygen atoms in total. The molecular formula is C22H22N4O3. The van der Waals surface area contributed by atoms with Crippen LogP contribution in [0.2, 0.25) is 0 Å². The average Bonchev–Trinajstić information content (AvgIpc) is 2.70. The second-order valence-electron chi connectivity index (χ2n) is 6.98. The quantitative estimate of drug-likeness (QED) is 0.695. The molecule has 1 amide bonds. The zero-order chi connectivity index (χ0) is 20.4. The number of hydrogen-bond acceptors (Lipinski definition) is 6. The number of carbonyl (C=O) groups excluding carboxylic acids is 1. The number of fused-ring (bicyclic) bond motifs is 1. The number of anilines is 3. The molecule has 7 heteroatoms. The van der Waals surface area contributed by atoms with E-state index in [-0.39, 0.29) is 11.6 Å². The molecule has 3 aromatic rings. The summed E-state index contributed by atoms with van der Waals surface area (Å²) in [6.45, 7) is 7.04. The van der Waals surface area contributed by atoms with Crippen LogP contribution in [0.1, 0.15) is 27.2 Å². The first kappa shape index (κ1) is 18.7. The molecule has 0 saturated carbocycles. The van der Waals surface area contributed by atoms with Crippen molar-refractivity contribution in [2.24, 2.45) is 0 Å². The van der Waals surface area contributed by atoms with Crippen molar-refractivity contribution in [3.63, 3.8) is 0 Å². The number of hydrogen-bond donors (Lipinski definition) is 2. The largest absolute Gasteiger partial charge is 0.486 e. The van der Waals surface area contributed by atoms with Crippen LogP contribution in [-0.2, 0) is 0 Å². The predicted molar refractivity (Wildman–Crippen MR) is 111 cm³/mol. The minimum absolute atomic E-state index is 0.277. The number of amides is 1. The smallest absolute Gasteiger partial charge is 0.274 e. The molecule has 1 aliphatic rings. The van der Waals surface area contributed by atoms with Gasteiger partial charge in [-0.05, 0) is 50.1 Å². The summed E-state index contributed by atoms with van der Waals surface area (Å²) in [4.78, 5) is 21.3. The fraction of sp³-hybridized carbons (Fsp3) is 0.227. The molecule has 0 saturated heterocycles. The Morgan fingerprint density at radius 1 is 0.966 bits per heavy atom. The number of aromatic nitrogens is 2. The third kappa shape index (κ3) is 4.13. The predicted octanol–water partition coefficient (Wildman–Crippen LogP) is 4.17. The van der Waals surface area contributed by atoms with Gasteiger partial charge in [-0.1, -0.05) is 17.7 Å². The molecule has 0 aliphatic carbocycles. The molecule has 2 N–H and O–H groups in total. The molecule has 0 fully saturated rings. The zero-order valence-electron chi connectivity index (χ0n) is 16.6. The van der Waals surface area contributed by atoms with Crippen molar-refractivity contribution < 1.29 is 14.3 Å². The summed E-state index contributed by atoms with van der Waals surface area (Å²) in [7, 11) is 0. The average molecular weight is 390 g/mol. The number of nitrogens with one attached hydrogen (secondary N) is 2. The summed E-state index contributed by atoms with van der Waals surface area (Å²) >= 11 is 0. The lowest BCUT2D eigenvalue weighted by Crippen LogP contribution is -2.16. The van der Waals surface area contributed by atoms with Crippen LogP contribution in [0.25, 0.3) is 0 Å². The van der Waals surface area contributed by atoms with Gasteiger partial charge in [0.15, 0.2) is 11.5 Å². The van der Waals surface area contributed by atoms with Crippen molar-refractivity contribution >= 4 is 23.2 Å². The highest BCUT2D eigenvalue weighted by atomic mass is 16.6. The van der Waals surface area contributed by atoms with E-state index >= 15 is 0 Å². The van der Waals surface area contributed by atoms with Crippen LogP contribution >= 0.6 is 0 Å². The van der Waals surface area contributed by atoms with Gasteiger partial charge in [0.2, 0.25) is 5.95 Å². The van der Waals surface area contributed by atoms with E-state index in [1.165, 1.54) is 0 Å². The molecule has 0 unspecified atom stereocenters. The summed E-state index contributed by atoms with van der Waals surface area (Å²) in [5.41, 5.74) is 5.02. The van der Waals surface area contributed by atoms with Crippen LogP contribution < -0.4 is 20.1 Å². The number of aryl methyl sites for hydroxylation is 3. The van der Waals surface area contributed by atoms with Gasteiger partial charge in [-0.3, -0.25) is 4.79 Å². The Hall–Kier alpha value is -3.61. The van der Waals surface area contributed by atoms with Gasteiger partial charge < -0.3 is 20.1 Å².